The maximum atomic E-state index is 2.43. The minimum Gasteiger partial charge on any atom is -0.152 e. The normalized spacial score (nSPS) is 14.3. The van der Waals surface area contributed by atoms with Crippen molar-refractivity contribution in [3.05, 3.63) is 21.9 Å². The van der Waals surface area contributed by atoms with Crippen LogP contribution in [0.25, 0.3) is 0 Å². The second kappa shape index (κ2) is 11.3. The molecule has 0 nitrogen and oxygen atoms in total. The van der Waals surface area contributed by atoms with Crippen LogP contribution < -0.4 is 0 Å². The monoisotopic (exact) mass is 308 g/mol. The van der Waals surface area contributed by atoms with Gasteiger partial charge in [-0.3, -0.25) is 0 Å². The van der Waals surface area contributed by atoms with Crippen LogP contribution in [0.1, 0.15) is 90.2 Å². The summed E-state index contributed by atoms with van der Waals surface area (Å²) >= 11 is 1.92. The standard InChI is InChI=1S/C20H36S/c1-5-9-11-17(7-3)13-19-15-21-16-20(19)14-18(8-4)12-10-6-2/h15-18H,5-14H2,1-4H3. The third-order valence-electron chi connectivity index (χ3n) is 4.94. The Kier molecular flexibility index (Phi) is 10.1. The van der Waals surface area contributed by atoms with E-state index in [1.807, 2.05) is 11.3 Å². The molecule has 0 bridgehead atoms. The van der Waals surface area contributed by atoms with E-state index in [0.717, 1.165) is 11.8 Å². The molecule has 0 radical (unpaired) electrons. The van der Waals surface area contributed by atoms with E-state index in [1.165, 1.54) is 64.2 Å². The molecule has 0 fully saturated rings. The first kappa shape index (κ1) is 18.7. The molecular formula is C20H36S. The molecule has 1 rings (SSSR count). The number of hydrogen-bond acceptors (Lipinski definition) is 1. The summed E-state index contributed by atoms with van der Waals surface area (Å²) in [7, 11) is 0. The molecule has 21 heavy (non-hydrogen) atoms. The first-order chi connectivity index (χ1) is 10.2. The van der Waals surface area contributed by atoms with E-state index in [9.17, 15) is 0 Å². The predicted octanol–water partition coefficient (Wildman–Crippen LogP) is 7.27. The van der Waals surface area contributed by atoms with E-state index in [0.29, 0.717) is 0 Å². The minimum atomic E-state index is 0.897. The van der Waals surface area contributed by atoms with Gasteiger partial charge in [0.05, 0.1) is 0 Å². The van der Waals surface area contributed by atoms with Gasteiger partial charge in [0.25, 0.3) is 0 Å². The van der Waals surface area contributed by atoms with Crippen molar-refractivity contribution in [3.63, 3.8) is 0 Å². The SMILES string of the molecule is CCCCC(CC)Cc1cscc1CC(CC)CCCC. The van der Waals surface area contributed by atoms with Crippen LogP contribution in [0.5, 0.6) is 0 Å². The lowest BCUT2D eigenvalue weighted by molar-refractivity contribution is 0.435. The molecule has 0 aliphatic carbocycles. The molecule has 0 amide bonds. The molecule has 1 heterocycles. The van der Waals surface area contributed by atoms with E-state index < -0.39 is 0 Å². The van der Waals surface area contributed by atoms with Crippen molar-refractivity contribution in [2.24, 2.45) is 11.8 Å². The van der Waals surface area contributed by atoms with Crippen LogP contribution in [0, 0.1) is 11.8 Å². The highest BCUT2D eigenvalue weighted by atomic mass is 32.1. The number of rotatable bonds is 12. The van der Waals surface area contributed by atoms with E-state index in [-0.39, 0.29) is 0 Å². The van der Waals surface area contributed by atoms with Crippen LogP contribution in [0.4, 0.5) is 0 Å². The van der Waals surface area contributed by atoms with Gasteiger partial charge in [-0.1, -0.05) is 79.1 Å². The second-order valence-electron chi connectivity index (χ2n) is 6.66. The fourth-order valence-electron chi connectivity index (χ4n) is 3.22. The quantitative estimate of drug-likeness (QED) is 0.381. The van der Waals surface area contributed by atoms with Gasteiger partial charge in [0.15, 0.2) is 0 Å². The fraction of sp³-hybridized carbons (Fsp3) is 0.800. The summed E-state index contributed by atoms with van der Waals surface area (Å²) in [5, 5.41) is 4.85. The van der Waals surface area contributed by atoms with Gasteiger partial charge in [-0.25, -0.2) is 0 Å². The van der Waals surface area contributed by atoms with Gasteiger partial charge >= 0.3 is 0 Å². The Morgan fingerprint density at radius 1 is 0.762 bits per heavy atom. The highest BCUT2D eigenvalue weighted by Crippen LogP contribution is 2.27. The van der Waals surface area contributed by atoms with Gasteiger partial charge < -0.3 is 0 Å². The summed E-state index contributed by atoms with van der Waals surface area (Å²) < 4.78 is 0. The molecule has 1 aromatic rings. The zero-order chi connectivity index (χ0) is 15.5. The van der Waals surface area contributed by atoms with Crippen molar-refractivity contribution >= 4 is 11.3 Å². The lowest BCUT2D eigenvalue weighted by Crippen LogP contribution is -2.08. The number of hydrogen-bond donors (Lipinski definition) is 0. The van der Waals surface area contributed by atoms with Crippen molar-refractivity contribution in [1.29, 1.82) is 0 Å². The van der Waals surface area contributed by atoms with Crippen LogP contribution >= 0.6 is 11.3 Å². The second-order valence-corrected chi connectivity index (χ2v) is 7.41. The molecule has 0 aliphatic heterocycles. The molecular weight excluding hydrogens is 272 g/mol. The molecule has 0 saturated carbocycles. The Hall–Kier alpha value is -0.300. The van der Waals surface area contributed by atoms with Crippen molar-refractivity contribution in [2.75, 3.05) is 0 Å². The average Bonchev–Trinajstić information content (AvgIpc) is 2.94. The van der Waals surface area contributed by atoms with Gasteiger partial charge in [0, 0.05) is 0 Å². The van der Waals surface area contributed by atoms with Gasteiger partial charge in [0.1, 0.15) is 0 Å². The van der Waals surface area contributed by atoms with Gasteiger partial charge in [-0.2, -0.15) is 11.3 Å². The van der Waals surface area contributed by atoms with Gasteiger partial charge in [-0.05, 0) is 46.6 Å². The van der Waals surface area contributed by atoms with Crippen molar-refractivity contribution < 1.29 is 0 Å². The van der Waals surface area contributed by atoms with E-state index in [1.54, 1.807) is 11.1 Å². The Bertz CT molecular complexity index is 320. The molecule has 0 saturated heterocycles. The topological polar surface area (TPSA) is 0 Å². The van der Waals surface area contributed by atoms with E-state index >= 15 is 0 Å². The third kappa shape index (κ3) is 7.00. The zero-order valence-corrected chi connectivity index (χ0v) is 15.6. The van der Waals surface area contributed by atoms with Gasteiger partial charge in [-0.15, -0.1) is 0 Å². The highest BCUT2D eigenvalue weighted by Gasteiger charge is 2.14. The fourth-order valence-corrected chi connectivity index (χ4v) is 4.11. The molecule has 122 valence electrons. The highest BCUT2D eigenvalue weighted by molar-refractivity contribution is 7.08. The van der Waals surface area contributed by atoms with Crippen molar-refractivity contribution in [1.82, 2.24) is 0 Å². The molecule has 2 atom stereocenters. The van der Waals surface area contributed by atoms with Gasteiger partial charge in [0.2, 0.25) is 0 Å². The van der Waals surface area contributed by atoms with Crippen LogP contribution in [0.15, 0.2) is 10.8 Å². The molecule has 1 heteroatoms. The minimum absolute atomic E-state index is 0.897. The molecule has 0 aliphatic rings. The summed E-state index contributed by atoms with van der Waals surface area (Å²) in [5.41, 5.74) is 3.33. The van der Waals surface area contributed by atoms with Crippen LogP contribution in [-0.2, 0) is 12.8 Å². The van der Waals surface area contributed by atoms with Crippen LogP contribution in [0.3, 0.4) is 0 Å². The van der Waals surface area contributed by atoms with Crippen molar-refractivity contribution in [2.45, 2.75) is 91.9 Å². The molecule has 1 aromatic heterocycles. The lowest BCUT2D eigenvalue weighted by atomic mass is 9.87. The summed E-state index contributed by atoms with van der Waals surface area (Å²) in [6.07, 6.45) is 13.6. The molecule has 0 spiro atoms. The van der Waals surface area contributed by atoms with Crippen molar-refractivity contribution in [3.8, 4) is 0 Å². The maximum absolute atomic E-state index is 2.43. The third-order valence-corrected chi connectivity index (χ3v) is 5.78. The summed E-state index contributed by atoms with van der Waals surface area (Å²) in [6.45, 7) is 9.34. The summed E-state index contributed by atoms with van der Waals surface area (Å²) in [5.74, 6) is 1.79. The maximum Gasteiger partial charge on any atom is -0.00583 e. The van der Waals surface area contributed by atoms with E-state index in [4.69, 9.17) is 0 Å². The Labute approximate surface area is 137 Å². The Morgan fingerprint density at radius 3 is 1.52 bits per heavy atom. The Morgan fingerprint density at radius 2 is 1.19 bits per heavy atom. The largest absolute Gasteiger partial charge is 0.152 e. The predicted molar refractivity (Wildman–Crippen MR) is 98.3 cm³/mol. The summed E-state index contributed by atoms with van der Waals surface area (Å²) in [4.78, 5) is 0. The Balaban J connectivity index is 2.58. The molecule has 0 N–H and O–H groups in total. The first-order valence-corrected chi connectivity index (χ1v) is 10.2. The zero-order valence-electron chi connectivity index (χ0n) is 14.8. The smallest absolute Gasteiger partial charge is 0.00583 e. The molecule has 2 unspecified atom stereocenters. The average molecular weight is 309 g/mol. The van der Waals surface area contributed by atoms with Crippen LogP contribution in [-0.4, -0.2) is 0 Å². The summed E-state index contributed by atoms with van der Waals surface area (Å²) in [6, 6.07) is 0. The molecule has 0 aromatic carbocycles. The number of thiophene rings is 1. The van der Waals surface area contributed by atoms with E-state index in [2.05, 4.69) is 38.5 Å². The number of unbranched alkanes of at least 4 members (excludes halogenated alkanes) is 2. The first-order valence-electron chi connectivity index (χ1n) is 9.28. The lowest BCUT2D eigenvalue weighted by Gasteiger charge is -2.18. The van der Waals surface area contributed by atoms with Crippen LogP contribution in [0.2, 0.25) is 0 Å².